The highest BCUT2D eigenvalue weighted by Crippen LogP contribution is 2.31. The third-order valence-electron chi connectivity index (χ3n) is 5.99. The Bertz CT molecular complexity index is 1310. The van der Waals surface area contributed by atoms with Gasteiger partial charge in [0.1, 0.15) is 5.82 Å². The van der Waals surface area contributed by atoms with Crippen molar-refractivity contribution in [3.8, 4) is 11.1 Å². The lowest BCUT2D eigenvalue weighted by molar-refractivity contribution is -0.137. The maximum atomic E-state index is 13.2. The Kier molecular flexibility index (Phi) is 7.05. The summed E-state index contributed by atoms with van der Waals surface area (Å²) in [5.74, 6) is -0.793. The van der Waals surface area contributed by atoms with Crippen LogP contribution in [0.4, 0.5) is 17.6 Å². The van der Waals surface area contributed by atoms with Crippen molar-refractivity contribution in [3.63, 3.8) is 0 Å². The van der Waals surface area contributed by atoms with E-state index in [4.69, 9.17) is 0 Å². The molecule has 1 atom stereocenters. The lowest BCUT2D eigenvalue weighted by Gasteiger charge is -2.23. The van der Waals surface area contributed by atoms with Crippen LogP contribution in [0, 0.1) is 5.82 Å². The zero-order valence-electron chi connectivity index (χ0n) is 18.5. The molecule has 5 nitrogen and oxygen atoms in total. The molecule has 0 amide bonds. The van der Waals surface area contributed by atoms with E-state index >= 15 is 0 Å². The van der Waals surface area contributed by atoms with Crippen molar-refractivity contribution < 1.29 is 30.8 Å². The van der Waals surface area contributed by atoms with E-state index < -0.39 is 33.6 Å². The molecular weight excluding hydrogens is 484 g/mol. The molecule has 0 radical (unpaired) electrons. The van der Waals surface area contributed by atoms with Gasteiger partial charge in [-0.25, -0.2) is 12.8 Å². The number of ketones is 1. The number of Topliss-reactive ketones (excluding diaryl/α,β-unsaturated/α-hetero) is 1. The Morgan fingerprint density at radius 3 is 2.34 bits per heavy atom. The molecule has 1 fully saturated rings. The standard InChI is InChI=1S/C25H22F4N2O3S/c26-20-7-10-22(11-8-20)35(33,34)31-15-1-2-23(31)24(32)12-9-21-16-18(13-14-30-21)17-3-5-19(6-4-17)25(27,28)29/h3-8,10-11,13-14,16,23H,1-2,9,12,15H2/t23-/m0/s1. The molecule has 4 rings (SSSR count). The van der Waals surface area contributed by atoms with Crippen LogP contribution in [0.25, 0.3) is 11.1 Å². The Labute approximate surface area is 200 Å². The van der Waals surface area contributed by atoms with E-state index in [1.165, 1.54) is 34.8 Å². The van der Waals surface area contributed by atoms with E-state index in [1.54, 1.807) is 12.1 Å². The molecule has 2 aromatic carbocycles. The number of hydrogen-bond donors (Lipinski definition) is 0. The number of pyridine rings is 1. The van der Waals surface area contributed by atoms with Gasteiger partial charge in [-0.1, -0.05) is 12.1 Å². The van der Waals surface area contributed by atoms with Crippen LogP contribution in [0.2, 0.25) is 0 Å². The summed E-state index contributed by atoms with van der Waals surface area (Å²) >= 11 is 0. The number of hydrogen-bond acceptors (Lipinski definition) is 4. The molecule has 0 aliphatic carbocycles. The van der Waals surface area contributed by atoms with Gasteiger partial charge in [-0.2, -0.15) is 17.5 Å². The normalized spacial score (nSPS) is 17.0. The topological polar surface area (TPSA) is 67.3 Å². The molecule has 3 aromatic rings. The predicted molar refractivity (Wildman–Crippen MR) is 121 cm³/mol. The van der Waals surface area contributed by atoms with Crippen LogP contribution in [0.1, 0.15) is 30.5 Å². The molecule has 0 N–H and O–H groups in total. The van der Waals surface area contributed by atoms with Gasteiger partial charge in [0.05, 0.1) is 16.5 Å². The highest BCUT2D eigenvalue weighted by Gasteiger charge is 2.39. The van der Waals surface area contributed by atoms with Crippen molar-refractivity contribution in [2.75, 3.05) is 6.54 Å². The third kappa shape index (κ3) is 5.59. The molecule has 1 aliphatic heterocycles. The molecule has 0 unspecified atom stereocenters. The summed E-state index contributed by atoms with van der Waals surface area (Å²) in [5, 5.41) is 0. The number of rotatable bonds is 7. The Morgan fingerprint density at radius 1 is 1.00 bits per heavy atom. The summed E-state index contributed by atoms with van der Waals surface area (Å²) in [6.45, 7) is 0.206. The van der Waals surface area contributed by atoms with E-state index in [0.717, 1.165) is 24.3 Å². The van der Waals surface area contributed by atoms with Crippen LogP contribution in [-0.4, -0.2) is 36.1 Å². The summed E-state index contributed by atoms with van der Waals surface area (Å²) in [4.78, 5) is 17.1. The van der Waals surface area contributed by atoms with Gasteiger partial charge in [-0.15, -0.1) is 0 Å². The van der Waals surface area contributed by atoms with Gasteiger partial charge in [-0.05, 0) is 78.9 Å². The minimum absolute atomic E-state index is 0.0591. The van der Waals surface area contributed by atoms with Gasteiger partial charge >= 0.3 is 6.18 Å². The lowest BCUT2D eigenvalue weighted by atomic mass is 10.0. The zero-order valence-corrected chi connectivity index (χ0v) is 19.3. The summed E-state index contributed by atoms with van der Waals surface area (Å²) in [5.41, 5.74) is 1.08. The fourth-order valence-electron chi connectivity index (χ4n) is 4.16. The van der Waals surface area contributed by atoms with Crippen molar-refractivity contribution in [2.24, 2.45) is 0 Å². The van der Waals surface area contributed by atoms with Crippen molar-refractivity contribution >= 4 is 15.8 Å². The van der Waals surface area contributed by atoms with Crippen LogP contribution >= 0.6 is 0 Å². The summed E-state index contributed by atoms with van der Waals surface area (Å²) in [7, 11) is -3.94. The number of carbonyl (C=O) groups is 1. The summed E-state index contributed by atoms with van der Waals surface area (Å²) in [6.07, 6.45) is -1.64. The zero-order chi connectivity index (χ0) is 25.2. The molecule has 0 saturated carbocycles. The lowest BCUT2D eigenvalue weighted by Crippen LogP contribution is -2.40. The number of nitrogens with zero attached hydrogens (tertiary/aromatic N) is 2. The van der Waals surface area contributed by atoms with E-state index in [2.05, 4.69) is 4.98 Å². The molecular formula is C25H22F4N2O3S. The van der Waals surface area contributed by atoms with E-state index in [9.17, 15) is 30.8 Å². The van der Waals surface area contributed by atoms with E-state index in [1.807, 2.05) is 0 Å². The van der Waals surface area contributed by atoms with Gasteiger partial charge in [-0.3, -0.25) is 9.78 Å². The number of aromatic nitrogens is 1. The monoisotopic (exact) mass is 506 g/mol. The number of halogens is 4. The van der Waals surface area contributed by atoms with Gasteiger partial charge < -0.3 is 0 Å². The maximum Gasteiger partial charge on any atom is 0.416 e. The second kappa shape index (κ2) is 9.87. The molecule has 0 bridgehead atoms. The van der Waals surface area contributed by atoms with E-state index in [0.29, 0.717) is 29.7 Å². The van der Waals surface area contributed by atoms with Crippen LogP contribution in [0.3, 0.4) is 0 Å². The first-order valence-electron chi connectivity index (χ1n) is 11.0. The van der Waals surface area contributed by atoms with Gasteiger partial charge in [0.15, 0.2) is 5.78 Å². The van der Waals surface area contributed by atoms with Crippen molar-refractivity contribution in [1.29, 1.82) is 0 Å². The van der Waals surface area contributed by atoms with Crippen LogP contribution < -0.4 is 0 Å². The number of aryl methyl sites for hydroxylation is 1. The number of carbonyl (C=O) groups excluding carboxylic acids is 1. The molecule has 184 valence electrons. The fourth-order valence-corrected chi connectivity index (χ4v) is 5.83. The number of benzene rings is 2. The highest BCUT2D eigenvalue weighted by atomic mass is 32.2. The van der Waals surface area contributed by atoms with Gasteiger partial charge in [0.2, 0.25) is 10.0 Å². The van der Waals surface area contributed by atoms with Crippen molar-refractivity contribution in [2.45, 2.75) is 42.8 Å². The minimum Gasteiger partial charge on any atom is -0.298 e. The maximum absolute atomic E-state index is 13.2. The fraction of sp³-hybridized carbons (Fsp3) is 0.280. The van der Waals surface area contributed by atoms with Crippen LogP contribution in [0.5, 0.6) is 0 Å². The SMILES string of the molecule is O=C(CCc1cc(-c2ccc(C(F)(F)F)cc2)ccn1)[C@@H]1CCCN1S(=O)(=O)c1ccc(F)cc1. The highest BCUT2D eigenvalue weighted by molar-refractivity contribution is 7.89. The first-order chi connectivity index (χ1) is 16.6. The molecule has 1 aromatic heterocycles. The third-order valence-corrected chi connectivity index (χ3v) is 7.91. The molecule has 0 spiro atoms. The molecule has 10 heteroatoms. The van der Waals surface area contributed by atoms with Gasteiger partial charge in [0, 0.05) is 24.9 Å². The Hall–Kier alpha value is -3.11. The first kappa shape index (κ1) is 25.0. The average molecular weight is 507 g/mol. The molecule has 2 heterocycles. The van der Waals surface area contributed by atoms with Gasteiger partial charge in [0.25, 0.3) is 0 Å². The van der Waals surface area contributed by atoms with Crippen LogP contribution in [0.15, 0.2) is 71.8 Å². The smallest absolute Gasteiger partial charge is 0.298 e. The van der Waals surface area contributed by atoms with Crippen LogP contribution in [-0.2, 0) is 27.4 Å². The Morgan fingerprint density at radius 2 is 1.69 bits per heavy atom. The van der Waals surface area contributed by atoms with Crippen molar-refractivity contribution in [3.05, 3.63) is 83.9 Å². The number of alkyl halides is 3. The summed E-state index contributed by atoms with van der Waals surface area (Å²) in [6, 6.07) is 11.8. The predicted octanol–water partition coefficient (Wildman–Crippen LogP) is 5.26. The van der Waals surface area contributed by atoms with Crippen molar-refractivity contribution in [1.82, 2.24) is 9.29 Å². The second-order valence-corrected chi connectivity index (χ2v) is 10.2. The van der Waals surface area contributed by atoms with E-state index in [-0.39, 0.29) is 30.1 Å². The largest absolute Gasteiger partial charge is 0.416 e. The quantitative estimate of drug-likeness (QED) is 0.410. The average Bonchev–Trinajstić information content (AvgIpc) is 3.34. The molecule has 1 aliphatic rings. The summed E-state index contributed by atoms with van der Waals surface area (Å²) < 4.78 is 78.8. The minimum atomic E-state index is -4.42. The number of sulfonamides is 1. The first-order valence-corrected chi connectivity index (χ1v) is 12.4. The second-order valence-electron chi connectivity index (χ2n) is 8.30. The molecule has 35 heavy (non-hydrogen) atoms. The Balaban J connectivity index is 1.44. The molecule has 1 saturated heterocycles.